The molecule has 9 heavy (non-hydrogen) atoms. The summed E-state index contributed by atoms with van der Waals surface area (Å²) >= 11 is 0. The zero-order valence-electron chi connectivity index (χ0n) is 5.08. The Morgan fingerprint density at radius 1 is 1.22 bits per heavy atom. The maximum absolute atomic E-state index is 8.46. The van der Waals surface area contributed by atoms with Gasteiger partial charge in [-0.15, -0.1) is 12.4 Å². The predicted octanol–water partition coefficient (Wildman–Crippen LogP) is -0.877. The van der Waals surface area contributed by atoms with Gasteiger partial charge in [0.1, 0.15) is 0 Å². The van der Waals surface area contributed by atoms with Gasteiger partial charge in [-0.3, -0.25) is 0 Å². The predicted molar refractivity (Wildman–Crippen MR) is 36.7 cm³/mol. The third-order valence-corrected chi connectivity index (χ3v) is 1.48. The highest BCUT2D eigenvalue weighted by Gasteiger charge is 2.25. The number of halogens is 1. The molecule has 1 aliphatic heterocycles. The first-order chi connectivity index (χ1) is 3.86. The molecule has 1 fully saturated rings. The Labute approximate surface area is 60.5 Å². The molecule has 0 saturated carbocycles. The number of aliphatic hydroxyl groups is 2. The maximum atomic E-state index is 8.46. The Hall–Kier alpha value is 0.170. The summed E-state index contributed by atoms with van der Waals surface area (Å²) in [4.78, 5) is 0. The molecule has 0 aromatic rings. The van der Waals surface area contributed by atoms with Crippen molar-refractivity contribution < 1.29 is 10.2 Å². The lowest BCUT2D eigenvalue weighted by Crippen LogP contribution is -2.55. The van der Waals surface area contributed by atoms with E-state index >= 15 is 0 Å². The van der Waals surface area contributed by atoms with E-state index in [-0.39, 0.29) is 37.7 Å². The van der Waals surface area contributed by atoms with Gasteiger partial charge in [0.25, 0.3) is 0 Å². The monoisotopic (exact) mass is 153 g/mol. The van der Waals surface area contributed by atoms with Crippen molar-refractivity contribution in [2.75, 3.05) is 13.2 Å². The second-order valence-electron chi connectivity index (χ2n) is 2.16. The van der Waals surface area contributed by atoms with Gasteiger partial charge in [-0.25, -0.2) is 0 Å². The van der Waals surface area contributed by atoms with Crippen LogP contribution in [0.2, 0.25) is 0 Å². The van der Waals surface area contributed by atoms with Crippen LogP contribution in [-0.4, -0.2) is 35.5 Å². The smallest absolute Gasteiger partial charge is 0.0585 e. The Morgan fingerprint density at radius 2 is 1.56 bits per heavy atom. The SMILES string of the molecule is Cl.OCC1CC(CO)N1. The summed E-state index contributed by atoms with van der Waals surface area (Å²) in [6, 6.07) is 0.485. The van der Waals surface area contributed by atoms with E-state index in [1.54, 1.807) is 0 Å². The molecule has 2 atom stereocenters. The minimum Gasteiger partial charge on any atom is -0.395 e. The highest BCUT2D eigenvalue weighted by Crippen LogP contribution is 2.08. The largest absolute Gasteiger partial charge is 0.395 e. The van der Waals surface area contributed by atoms with Gasteiger partial charge in [0.2, 0.25) is 0 Å². The summed E-state index contributed by atoms with van der Waals surface area (Å²) in [5, 5.41) is 19.9. The fourth-order valence-electron chi connectivity index (χ4n) is 0.907. The van der Waals surface area contributed by atoms with E-state index in [0.29, 0.717) is 0 Å². The van der Waals surface area contributed by atoms with E-state index in [2.05, 4.69) is 5.32 Å². The van der Waals surface area contributed by atoms with Gasteiger partial charge in [-0.05, 0) is 6.42 Å². The molecule has 0 bridgehead atoms. The number of hydrogen-bond acceptors (Lipinski definition) is 3. The molecule has 0 aromatic heterocycles. The lowest BCUT2D eigenvalue weighted by atomic mass is 9.99. The molecule has 1 rings (SSSR count). The topological polar surface area (TPSA) is 52.5 Å². The zero-order chi connectivity index (χ0) is 5.98. The van der Waals surface area contributed by atoms with Crippen LogP contribution in [0.4, 0.5) is 0 Å². The molecule has 56 valence electrons. The Morgan fingerprint density at radius 3 is 1.78 bits per heavy atom. The number of aliphatic hydroxyl groups excluding tert-OH is 2. The van der Waals surface area contributed by atoms with E-state index in [1.165, 1.54) is 0 Å². The molecule has 3 N–H and O–H groups in total. The van der Waals surface area contributed by atoms with Crippen LogP contribution < -0.4 is 5.32 Å². The summed E-state index contributed by atoms with van der Waals surface area (Å²) in [5.74, 6) is 0. The van der Waals surface area contributed by atoms with E-state index in [4.69, 9.17) is 10.2 Å². The van der Waals surface area contributed by atoms with Gasteiger partial charge in [0, 0.05) is 12.1 Å². The molecule has 1 heterocycles. The molecule has 0 aromatic carbocycles. The fourth-order valence-corrected chi connectivity index (χ4v) is 0.907. The van der Waals surface area contributed by atoms with Crippen molar-refractivity contribution in [3.05, 3.63) is 0 Å². The van der Waals surface area contributed by atoms with Crippen LogP contribution in [0, 0.1) is 0 Å². The number of hydrogen-bond donors (Lipinski definition) is 3. The lowest BCUT2D eigenvalue weighted by molar-refractivity contribution is 0.114. The maximum Gasteiger partial charge on any atom is 0.0585 e. The molecule has 0 amide bonds. The molecule has 2 unspecified atom stereocenters. The Bertz CT molecular complexity index is 67.4. The van der Waals surface area contributed by atoms with Crippen molar-refractivity contribution in [1.29, 1.82) is 0 Å². The van der Waals surface area contributed by atoms with Crippen molar-refractivity contribution in [2.24, 2.45) is 0 Å². The number of rotatable bonds is 2. The quantitative estimate of drug-likeness (QED) is 0.483. The molecule has 0 radical (unpaired) electrons. The highest BCUT2D eigenvalue weighted by molar-refractivity contribution is 5.85. The van der Waals surface area contributed by atoms with Crippen molar-refractivity contribution in [2.45, 2.75) is 18.5 Å². The summed E-state index contributed by atoms with van der Waals surface area (Å²) in [5.41, 5.74) is 0. The van der Waals surface area contributed by atoms with Crippen LogP contribution in [0.3, 0.4) is 0 Å². The summed E-state index contributed by atoms with van der Waals surface area (Å²) in [6.45, 7) is 0.382. The summed E-state index contributed by atoms with van der Waals surface area (Å²) in [6.07, 6.45) is 0.910. The first-order valence-corrected chi connectivity index (χ1v) is 2.84. The van der Waals surface area contributed by atoms with Crippen molar-refractivity contribution in [3.63, 3.8) is 0 Å². The van der Waals surface area contributed by atoms with Crippen LogP contribution in [0.5, 0.6) is 0 Å². The minimum absolute atomic E-state index is 0. The van der Waals surface area contributed by atoms with Crippen molar-refractivity contribution in [3.8, 4) is 0 Å². The molecule has 1 aliphatic rings. The van der Waals surface area contributed by atoms with Gasteiger partial charge >= 0.3 is 0 Å². The Kier molecular flexibility index (Phi) is 4.14. The minimum atomic E-state index is 0. The van der Waals surface area contributed by atoms with Crippen LogP contribution in [-0.2, 0) is 0 Å². The van der Waals surface area contributed by atoms with Crippen LogP contribution in [0.25, 0.3) is 0 Å². The third kappa shape index (κ3) is 2.10. The highest BCUT2D eigenvalue weighted by atomic mass is 35.5. The second kappa shape index (κ2) is 4.06. The van der Waals surface area contributed by atoms with E-state index < -0.39 is 0 Å². The fraction of sp³-hybridized carbons (Fsp3) is 1.00. The normalized spacial score (nSPS) is 32.7. The van der Waals surface area contributed by atoms with E-state index in [1.807, 2.05) is 0 Å². The van der Waals surface area contributed by atoms with E-state index in [9.17, 15) is 0 Å². The van der Waals surface area contributed by atoms with Crippen LogP contribution in [0.15, 0.2) is 0 Å². The molecule has 3 nitrogen and oxygen atoms in total. The van der Waals surface area contributed by atoms with Crippen LogP contribution >= 0.6 is 12.4 Å². The zero-order valence-corrected chi connectivity index (χ0v) is 5.90. The second-order valence-corrected chi connectivity index (χ2v) is 2.16. The molecular formula is C5H12ClNO2. The van der Waals surface area contributed by atoms with Crippen molar-refractivity contribution >= 4 is 12.4 Å². The molecule has 1 saturated heterocycles. The molecule has 0 aliphatic carbocycles. The van der Waals surface area contributed by atoms with Gasteiger partial charge in [-0.2, -0.15) is 0 Å². The average Bonchev–Trinajstić information content (AvgIpc) is 1.65. The molecule has 4 heteroatoms. The van der Waals surface area contributed by atoms with Crippen LogP contribution in [0.1, 0.15) is 6.42 Å². The first-order valence-electron chi connectivity index (χ1n) is 2.84. The van der Waals surface area contributed by atoms with E-state index in [0.717, 1.165) is 6.42 Å². The number of nitrogens with one attached hydrogen (secondary N) is 1. The Balaban J connectivity index is 0.000000640. The average molecular weight is 154 g/mol. The molecule has 0 spiro atoms. The lowest BCUT2D eigenvalue weighted by Gasteiger charge is -2.34. The van der Waals surface area contributed by atoms with Crippen molar-refractivity contribution in [1.82, 2.24) is 5.32 Å². The van der Waals surface area contributed by atoms with Gasteiger partial charge < -0.3 is 15.5 Å². The standard InChI is InChI=1S/C5H11NO2.ClH/c7-2-4-1-5(3-8)6-4;/h4-8H,1-3H2;1H. The molecular weight excluding hydrogens is 142 g/mol. The summed E-state index contributed by atoms with van der Waals surface area (Å²) < 4.78 is 0. The van der Waals surface area contributed by atoms with Gasteiger partial charge in [-0.1, -0.05) is 0 Å². The third-order valence-electron chi connectivity index (χ3n) is 1.48. The van der Waals surface area contributed by atoms with Gasteiger partial charge in [0.05, 0.1) is 13.2 Å². The first kappa shape index (κ1) is 9.17. The van der Waals surface area contributed by atoms with Gasteiger partial charge in [0.15, 0.2) is 0 Å². The summed E-state index contributed by atoms with van der Waals surface area (Å²) in [7, 11) is 0.